The zero-order chi connectivity index (χ0) is 16.4. The molecule has 0 radical (unpaired) electrons. The molecule has 0 spiro atoms. The second-order valence-corrected chi connectivity index (χ2v) is 7.84. The van der Waals surface area contributed by atoms with E-state index in [1.165, 1.54) is 12.8 Å². The molecule has 2 N–H and O–H groups in total. The first kappa shape index (κ1) is 17.3. The lowest BCUT2D eigenvalue weighted by molar-refractivity contribution is 0.0434. The molecule has 0 aromatic rings. The number of amides is 1. The monoisotopic (exact) mass is 308 g/mol. The van der Waals surface area contributed by atoms with Crippen molar-refractivity contribution in [3.05, 3.63) is 12.2 Å². The standard InChI is InChI=1S/C18H32N2O2/c1-6-18(7-2,20-16(21)22-17(3,4)5)12-19-15-11-13-9-8-10-14(13)15/h8,10,13-15,19H,6-7,9,11-12H2,1-5H3,(H,20,21). The van der Waals surface area contributed by atoms with E-state index in [1.54, 1.807) is 0 Å². The zero-order valence-electron chi connectivity index (χ0n) is 14.7. The van der Waals surface area contributed by atoms with Crippen LogP contribution in [0.2, 0.25) is 0 Å². The predicted octanol–water partition coefficient (Wildman–Crippen LogP) is 3.62. The molecule has 4 nitrogen and oxygen atoms in total. The van der Waals surface area contributed by atoms with E-state index in [9.17, 15) is 4.79 Å². The van der Waals surface area contributed by atoms with E-state index in [0.717, 1.165) is 25.3 Å². The van der Waals surface area contributed by atoms with E-state index >= 15 is 0 Å². The first-order valence-corrected chi connectivity index (χ1v) is 8.70. The Kier molecular flexibility index (Phi) is 5.21. The molecule has 2 rings (SSSR count). The number of hydrogen-bond donors (Lipinski definition) is 2. The van der Waals surface area contributed by atoms with Gasteiger partial charge in [-0.1, -0.05) is 26.0 Å². The van der Waals surface area contributed by atoms with Gasteiger partial charge >= 0.3 is 6.09 Å². The fraction of sp³-hybridized carbons (Fsp3) is 0.833. The van der Waals surface area contributed by atoms with Crippen LogP contribution in [-0.2, 0) is 4.74 Å². The number of rotatable bonds is 6. The molecule has 0 heterocycles. The maximum atomic E-state index is 12.1. The van der Waals surface area contributed by atoms with Crippen molar-refractivity contribution in [2.75, 3.05) is 6.54 Å². The van der Waals surface area contributed by atoms with Crippen molar-refractivity contribution in [3.63, 3.8) is 0 Å². The van der Waals surface area contributed by atoms with Crippen molar-refractivity contribution >= 4 is 6.09 Å². The molecule has 22 heavy (non-hydrogen) atoms. The highest BCUT2D eigenvalue weighted by Gasteiger charge is 2.42. The summed E-state index contributed by atoms with van der Waals surface area (Å²) in [6.45, 7) is 10.7. The minimum atomic E-state index is -0.458. The minimum Gasteiger partial charge on any atom is -0.444 e. The molecule has 1 amide bonds. The summed E-state index contributed by atoms with van der Waals surface area (Å²) in [6, 6.07) is 0.571. The van der Waals surface area contributed by atoms with Crippen molar-refractivity contribution < 1.29 is 9.53 Å². The number of alkyl carbamates (subject to hydrolysis) is 1. The quantitative estimate of drug-likeness (QED) is 0.737. The molecule has 0 aliphatic heterocycles. The van der Waals surface area contributed by atoms with Crippen LogP contribution in [0.3, 0.4) is 0 Å². The van der Waals surface area contributed by atoms with Crippen LogP contribution in [0, 0.1) is 11.8 Å². The van der Waals surface area contributed by atoms with Crippen LogP contribution in [0.5, 0.6) is 0 Å². The van der Waals surface area contributed by atoms with Gasteiger partial charge in [-0.2, -0.15) is 0 Å². The van der Waals surface area contributed by atoms with Gasteiger partial charge in [0, 0.05) is 12.6 Å². The van der Waals surface area contributed by atoms with E-state index in [2.05, 4.69) is 36.6 Å². The second kappa shape index (κ2) is 6.61. The van der Waals surface area contributed by atoms with E-state index < -0.39 is 5.60 Å². The molecule has 3 unspecified atom stereocenters. The third-order valence-electron chi connectivity index (χ3n) is 5.19. The lowest BCUT2D eigenvalue weighted by Gasteiger charge is -2.43. The highest BCUT2D eigenvalue weighted by atomic mass is 16.6. The average Bonchev–Trinajstić information content (AvgIpc) is 2.77. The van der Waals surface area contributed by atoms with Crippen LogP contribution in [0.4, 0.5) is 4.79 Å². The molecule has 1 fully saturated rings. The van der Waals surface area contributed by atoms with Gasteiger partial charge in [0.25, 0.3) is 0 Å². The van der Waals surface area contributed by atoms with Crippen molar-refractivity contribution in [2.24, 2.45) is 11.8 Å². The minimum absolute atomic E-state index is 0.226. The van der Waals surface area contributed by atoms with E-state index in [0.29, 0.717) is 12.0 Å². The van der Waals surface area contributed by atoms with Crippen molar-refractivity contribution in [3.8, 4) is 0 Å². The molecule has 0 aromatic carbocycles. The molecule has 0 bridgehead atoms. The molecule has 4 heteroatoms. The average molecular weight is 308 g/mol. The molecule has 1 saturated carbocycles. The SMILES string of the molecule is CCC(CC)(CNC1CC2CC=CC21)NC(=O)OC(C)(C)C. The van der Waals surface area contributed by atoms with Gasteiger partial charge in [-0.15, -0.1) is 0 Å². The van der Waals surface area contributed by atoms with Crippen LogP contribution in [0.1, 0.15) is 60.3 Å². The number of hydrogen-bond acceptors (Lipinski definition) is 3. The maximum Gasteiger partial charge on any atom is 0.408 e. The number of nitrogens with one attached hydrogen (secondary N) is 2. The summed E-state index contributed by atoms with van der Waals surface area (Å²) in [5, 5.41) is 6.79. The summed E-state index contributed by atoms with van der Waals surface area (Å²) in [6.07, 6.45) is 8.64. The number of carbonyl (C=O) groups is 1. The Hall–Kier alpha value is -1.03. The van der Waals surface area contributed by atoms with Crippen molar-refractivity contribution in [1.29, 1.82) is 0 Å². The van der Waals surface area contributed by atoms with Crippen LogP contribution < -0.4 is 10.6 Å². The molecule has 2 aliphatic carbocycles. The summed E-state index contributed by atoms with van der Waals surface area (Å²) in [5.41, 5.74) is -0.684. The molecular weight excluding hydrogens is 276 g/mol. The molecule has 126 valence electrons. The zero-order valence-corrected chi connectivity index (χ0v) is 14.7. The van der Waals surface area contributed by atoms with Gasteiger partial charge < -0.3 is 15.4 Å². The lowest BCUT2D eigenvalue weighted by Crippen LogP contribution is -2.59. The molecule has 0 aromatic heterocycles. The van der Waals surface area contributed by atoms with Gasteiger partial charge in [0.05, 0.1) is 5.54 Å². The van der Waals surface area contributed by atoms with Gasteiger partial charge in [-0.05, 0) is 58.3 Å². The van der Waals surface area contributed by atoms with Crippen LogP contribution >= 0.6 is 0 Å². The third-order valence-corrected chi connectivity index (χ3v) is 5.19. The smallest absolute Gasteiger partial charge is 0.408 e. The fourth-order valence-corrected chi connectivity index (χ4v) is 3.52. The summed E-state index contributed by atoms with van der Waals surface area (Å²) in [4.78, 5) is 12.1. The van der Waals surface area contributed by atoms with E-state index in [-0.39, 0.29) is 11.6 Å². The fourth-order valence-electron chi connectivity index (χ4n) is 3.52. The number of ether oxygens (including phenoxy) is 1. The first-order valence-electron chi connectivity index (χ1n) is 8.70. The first-order chi connectivity index (χ1) is 10.3. The molecule has 3 atom stereocenters. The molecular formula is C18H32N2O2. The lowest BCUT2D eigenvalue weighted by atomic mass is 9.71. The van der Waals surface area contributed by atoms with Gasteiger partial charge in [-0.3, -0.25) is 0 Å². The van der Waals surface area contributed by atoms with Gasteiger partial charge in [0.15, 0.2) is 0 Å². The predicted molar refractivity (Wildman–Crippen MR) is 89.8 cm³/mol. The topological polar surface area (TPSA) is 50.4 Å². The summed E-state index contributed by atoms with van der Waals surface area (Å²) < 4.78 is 5.42. The summed E-state index contributed by atoms with van der Waals surface area (Å²) in [5.74, 6) is 1.56. The van der Waals surface area contributed by atoms with E-state index in [4.69, 9.17) is 4.74 Å². The van der Waals surface area contributed by atoms with Crippen LogP contribution in [-0.4, -0.2) is 29.8 Å². The van der Waals surface area contributed by atoms with Gasteiger partial charge in [-0.25, -0.2) is 4.79 Å². The Bertz CT molecular complexity index is 421. The Labute approximate surface area is 135 Å². The highest BCUT2D eigenvalue weighted by molar-refractivity contribution is 5.68. The van der Waals surface area contributed by atoms with Crippen molar-refractivity contribution in [2.45, 2.75) is 77.5 Å². The van der Waals surface area contributed by atoms with Gasteiger partial charge in [0.2, 0.25) is 0 Å². The van der Waals surface area contributed by atoms with Crippen LogP contribution in [0.25, 0.3) is 0 Å². The van der Waals surface area contributed by atoms with Gasteiger partial charge in [0.1, 0.15) is 5.60 Å². The van der Waals surface area contributed by atoms with Crippen LogP contribution in [0.15, 0.2) is 12.2 Å². The molecule has 2 aliphatic rings. The Morgan fingerprint density at radius 1 is 1.27 bits per heavy atom. The van der Waals surface area contributed by atoms with E-state index in [1.807, 2.05) is 20.8 Å². The largest absolute Gasteiger partial charge is 0.444 e. The Morgan fingerprint density at radius 3 is 2.50 bits per heavy atom. The summed E-state index contributed by atoms with van der Waals surface area (Å²) in [7, 11) is 0. The normalized spacial score (nSPS) is 27.2. The Morgan fingerprint density at radius 2 is 1.95 bits per heavy atom. The highest BCUT2D eigenvalue weighted by Crippen LogP contribution is 2.42. The molecule has 0 saturated heterocycles. The maximum absolute atomic E-state index is 12.1. The number of fused-ring (bicyclic) bond motifs is 1. The number of carbonyl (C=O) groups excluding carboxylic acids is 1. The third kappa shape index (κ3) is 4.03. The second-order valence-electron chi connectivity index (χ2n) is 7.84. The Balaban J connectivity index is 1.87. The number of allylic oxidation sites excluding steroid dienone is 1. The summed E-state index contributed by atoms with van der Waals surface area (Å²) >= 11 is 0. The van der Waals surface area contributed by atoms with Crippen molar-refractivity contribution in [1.82, 2.24) is 10.6 Å².